The predicted molar refractivity (Wildman–Crippen MR) is 98.2 cm³/mol. The van der Waals surface area contributed by atoms with Gasteiger partial charge in [-0.1, -0.05) is 29.4 Å². The fraction of sp³-hybridized carbons (Fsp3) is 0.412. The molecule has 0 saturated carbocycles. The number of rotatable bonds is 9. The molecule has 1 N–H and O–H groups in total. The number of benzene rings is 1. The van der Waals surface area contributed by atoms with Crippen LogP contribution in [0.3, 0.4) is 0 Å². The maximum absolute atomic E-state index is 11.9. The van der Waals surface area contributed by atoms with Gasteiger partial charge in [-0.25, -0.2) is 4.98 Å². The zero-order chi connectivity index (χ0) is 17.4. The number of ether oxygens (including phenoxy) is 1. The minimum absolute atomic E-state index is 0.00568. The maximum Gasteiger partial charge on any atom is 0.230 e. The zero-order valence-electron chi connectivity index (χ0n) is 13.9. The van der Waals surface area contributed by atoms with E-state index >= 15 is 0 Å². The molecule has 0 spiro atoms. The van der Waals surface area contributed by atoms with Gasteiger partial charge in [-0.05, 0) is 38.0 Å². The van der Waals surface area contributed by atoms with Gasteiger partial charge in [0, 0.05) is 37.2 Å². The summed E-state index contributed by atoms with van der Waals surface area (Å²) in [5, 5.41) is 4.37. The third-order valence-electron chi connectivity index (χ3n) is 3.43. The van der Waals surface area contributed by atoms with Gasteiger partial charge in [-0.15, -0.1) is 0 Å². The van der Waals surface area contributed by atoms with Crippen molar-refractivity contribution in [1.82, 2.24) is 14.9 Å². The molecule has 130 valence electrons. The number of nitrogens with zero attached hydrogens (tertiary/aromatic N) is 2. The highest BCUT2D eigenvalue weighted by Gasteiger charge is 2.11. The van der Waals surface area contributed by atoms with Gasteiger partial charge in [-0.3, -0.25) is 9.36 Å². The topological polar surface area (TPSA) is 56.1 Å². The van der Waals surface area contributed by atoms with Gasteiger partial charge in [0.05, 0.1) is 11.4 Å². The Hall–Kier alpha value is -1.50. The Morgan fingerprint density at radius 2 is 2.29 bits per heavy atom. The molecule has 2 aromatic rings. The zero-order valence-corrected chi connectivity index (χ0v) is 15.5. The normalized spacial score (nSPS) is 10.8. The largest absolute Gasteiger partial charge is 0.382 e. The van der Waals surface area contributed by atoms with E-state index in [4.69, 9.17) is 16.3 Å². The number of thioether (sulfide) groups is 1. The summed E-state index contributed by atoms with van der Waals surface area (Å²) in [5.74, 6) is 0.319. The molecule has 2 rings (SSSR count). The van der Waals surface area contributed by atoms with E-state index in [2.05, 4.69) is 10.3 Å². The Kier molecular flexibility index (Phi) is 7.62. The molecular weight excluding hydrogens is 346 g/mol. The van der Waals surface area contributed by atoms with Crippen LogP contribution in [0, 0.1) is 6.92 Å². The maximum atomic E-state index is 11.9. The first-order chi connectivity index (χ1) is 11.6. The second-order valence-corrected chi connectivity index (χ2v) is 6.50. The minimum atomic E-state index is -0.00568. The van der Waals surface area contributed by atoms with Gasteiger partial charge >= 0.3 is 0 Å². The highest BCUT2D eigenvalue weighted by molar-refractivity contribution is 7.99. The monoisotopic (exact) mass is 367 g/mol. The lowest BCUT2D eigenvalue weighted by molar-refractivity contribution is -0.118. The van der Waals surface area contributed by atoms with Gasteiger partial charge < -0.3 is 10.1 Å². The smallest absolute Gasteiger partial charge is 0.230 e. The van der Waals surface area contributed by atoms with Crippen molar-refractivity contribution in [3.8, 4) is 5.69 Å². The van der Waals surface area contributed by atoms with Crippen LogP contribution in [-0.2, 0) is 9.53 Å². The van der Waals surface area contributed by atoms with Gasteiger partial charge in [0.1, 0.15) is 0 Å². The van der Waals surface area contributed by atoms with E-state index in [1.165, 1.54) is 11.8 Å². The van der Waals surface area contributed by atoms with Gasteiger partial charge in [-0.2, -0.15) is 0 Å². The molecular formula is C17H22ClN3O2S. The molecule has 1 aromatic heterocycles. The molecule has 0 aliphatic rings. The molecule has 24 heavy (non-hydrogen) atoms. The second kappa shape index (κ2) is 9.71. The van der Waals surface area contributed by atoms with Crippen molar-refractivity contribution in [3.63, 3.8) is 0 Å². The Labute approximate surface area is 151 Å². The molecule has 0 radical (unpaired) electrons. The summed E-state index contributed by atoms with van der Waals surface area (Å²) in [6.45, 7) is 5.93. The van der Waals surface area contributed by atoms with Crippen molar-refractivity contribution < 1.29 is 9.53 Å². The summed E-state index contributed by atoms with van der Waals surface area (Å²) < 4.78 is 7.19. The molecule has 0 saturated heterocycles. The third-order valence-corrected chi connectivity index (χ3v) is 4.81. The molecule has 5 nitrogen and oxygen atoms in total. The van der Waals surface area contributed by atoms with Crippen LogP contribution < -0.4 is 5.32 Å². The summed E-state index contributed by atoms with van der Waals surface area (Å²) in [4.78, 5) is 16.2. The number of hydrogen-bond donors (Lipinski definition) is 1. The average Bonchev–Trinajstić information content (AvgIpc) is 3.03. The van der Waals surface area contributed by atoms with Crippen LogP contribution >= 0.6 is 23.4 Å². The first-order valence-electron chi connectivity index (χ1n) is 7.89. The van der Waals surface area contributed by atoms with Crippen molar-refractivity contribution in [1.29, 1.82) is 0 Å². The number of aromatic nitrogens is 2. The highest BCUT2D eigenvalue weighted by Crippen LogP contribution is 2.26. The summed E-state index contributed by atoms with van der Waals surface area (Å²) >= 11 is 7.59. The fourth-order valence-electron chi connectivity index (χ4n) is 2.16. The highest BCUT2D eigenvalue weighted by atomic mass is 35.5. The molecule has 1 heterocycles. The lowest BCUT2D eigenvalue weighted by Gasteiger charge is -2.11. The van der Waals surface area contributed by atoms with E-state index < -0.39 is 0 Å². The standard InChI is InChI=1S/C17H22ClN3O2S/c1-3-23-11-5-8-19-16(22)12-24-17-20-9-10-21(17)15-7-4-6-14(18)13(15)2/h4,6-7,9-10H,3,5,8,11-12H2,1-2H3,(H,19,22). The molecule has 0 bridgehead atoms. The van der Waals surface area contributed by atoms with E-state index in [1.54, 1.807) is 6.20 Å². The van der Waals surface area contributed by atoms with Crippen LogP contribution in [0.25, 0.3) is 5.69 Å². The van der Waals surface area contributed by atoms with Crippen molar-refractivity contribution >= 4 is 29.3 Å². The minimum Gasteiger partial charge on any atom is -0.382 e. The average molecular weight is 368 g/mol. The van der Waals surface area contributed by atoms with E-state index in [-0.39, 0.29) is 5.91 Å². The van der Waals surface area contributed by atoms with E-state index in [1.807, 2.05) is 42.8 Å². The Balaban J connectivity index is 1.89. The lowest BCUT2D eigenvalue weighted by Crippen LogP contribution is -2.27. The Bertz CT molecular complexity index is 676. The molecule has 0 atom stereocenters. The van der Waals surface area contributed by atoms with Gasteiger partial charge in [0.15, 0.2) is 5.16 Å². The number of imidazole rings is 1. The number of carbonyl (C=O) groups excluding carboxylic acids is 1. The van der Waals surface area contributed by atoms with Crippen molar-refractivity contribution in [2.24, 2.45) is 0 Å². The summed E-state index contributed by atoms with van der Waals surface area (Å²) in [6, 6.07) is 5.75. The molecule has 0 aliphatic heterocycles. The predicted octanol–water partition coefficient (Wildman–Crippen LogP) is 3.47. The third kappa shape index (κ3) is 5.26. The van der Waals surface area contributed by atoms with Crippen LogP contribution in [0.5, 0.6) is 0 Å². The molecule has 7 heteroatoms. The van der Waals surface area contributed by atoms with E-state index in [0.717, 1.165) is 22.8 Å². The van der Waals surface area contributed by atoms with Gasteiger partial charge in [0.25, 0.3) is 0 Å². The first kappa shape index (κ1) is 18.8. The summed E-state index contributed by atoms with van der Waals surface area (Å²) in [5.41, 5.74) is 1.96. The molecule has 0 aliphatic carbocycles. The summed E-state index contributed by atoms with van der Waals surface area (Å²) in [7, 11) is 0. The van der Waals surface area contributed by atoms with Crippen LogP contribution in [-0.4, -0.2) is 41.0 Å². The Morgan fingerprint density at radius 1 is 1.46 bits per heavy atom. The Morgan fingerprint density at radius 3 is 3.08 bits per heavy atom. The fourth-order valence-corrected chi connectivity index (χ4v) is 3.13. The molecule has 1 aromatic carbocycles. The van der Waals surface area contributed by atoms with Crippen molar-refractivity contribution in [3.05, 3.63) is 41.2 Å². The quantitative estimate of drug-likeness (QED) is 0.544. The number of hydrogen-bond acceptors (Lipinski definition) is 4. The van der Waals surface area contributed by atoms with Gasteiger partial charge in [0.2, 0.25) is 5.91 Å². The van der Waals surface area contributed by atoms with Crippen LogP contribution in [0.2, 0.25) is 5.02 Å². The summed E-state index contributed by atoms with van der Waals surface area (Å²) in [6.07, 6.45) is 4.42. The number of amides is 1. The van der Waals surface area contributed by atoms with E-state index in [9.17, 15) is 4.79 Å². The molecule has 1 amide bonds. The first-order valence-corrected chi connectivity index (χ1v) is 9.26. The lowest BCUT2D eigenvalue weighted by atomic mass is 10.2. The van der Waals surface area contributed by atoms with Crippen molar-refractivity contribution in [2.45, 2.75) is 25.4 Å². The SMILES string of the molecule is CCOCCCNC(=O)CSc1nccn1-c1cccc(Cl)c1C. The molecule has 0 unspecified atom stereocenters. The van der Waals surface area contributed by atoms with Crippen molar-refractivity contribution in [2.75, 3.05) is 25.5 Å². The number of nitrogens with one attached hydrogen (secondary N) is 1. The second-order valence-electron chi connectivity index (χ2n) is 5.15. The van der Waals surface area contributed by atoms with Crippen LogP contribution in [0.4, 0.5) is 0 Å². The van der Waals surface area contributed by atoms with Crippen LogP contribution in [0.15, 0.2) is 35.7 Å². The number of carbonyl (C=O) groups is 1. The number of halogens is 1. The van der Waals surface area contributed by atoms with Crippen LogP contribution in [0.1, 0.15) is 18.9 Å². The molecule has 0 fully saturated rings. The van der Waals surface area contributed by atoms with E-state index in [0.29, 0.717) is 30.5 Å².